The number of aromatic nitrogens is 2. The van der Waals surface area contributed by atoms with Gasteiger partial charge in [0.25, 0.3) is 5.91 Å². The summed E-state index contributed by atoms with van der Waals surface area (Å²) in [6, 6.07) is 8.30. The largest absolute Gasteiger partial charge is 0.507 e. The molecule has 0 fully saturated rings. The number of nitrogens with one attached hydrogen (secondary N) is 2. The Bertz CT molecular complexity index is 840. The lowest BCUT2D eigenvalue weighted by molar-refractivity contribution is 0.0938. The number of carbonyl (C=O) groups excluding carboxylic acids is 1. The van der Waals surface area contributed by atoms with Crippen LogP contribution in [-0.4, -0.2) is 35.3 Å². The van der Waals surface area contributed by atoms with Gasteiger partial charge in [0.2, 0.25) is 0 Å². The van der Waals surface area contributed by atoms with E-state index in [1.165, 1.54) is 13.1 Å². The minimum Gasteiger partial charge on any atom is -0.507 e. The third kappa shape index (κ3) is 2.32. The second-order valence-corrected chi connectivity index (χ2v) is 4.65. The summed E-state index contributed by atoms with van der Waals surface area (Å²) >= 11 is 0. The van der Waals surface area contributed by atoms with Crippen molar-refractivity contribution >= 4 is 22.7 Å². The highest BCUT2D eigenvalue weighted by Crippen LogP contribution is 2.33. The molecule has 0 radical (unpaired) electrons. The number of hydrogen-bond acceptors (Lipinski definition) is 6. The van der Waals surface area contributed by atoms with Crippen LogP contribution in [0.2, 0.25) is 0 Å². The van der Waals surface area contributed by atoms with Crippen molar-refractivity contribution in [1.29, 1.82) is 0 Å². The number of furan rings is 1. The number of anilines is 1. The number of nitrogens with zero attached hydrogens (tertiary/aromatic N) is 2. The van der Waals surface area contributed by atoms with Crippen molar-refractivity contribution in [2.75, 3.05) is 19.4 Å². The first-order valence-corrected chi connectivity index (χ1v) is 6.63. The summed E-state index contributed by atoms with van der Waals surface area (Å²) in [4.78, 5) is 11.6. The van der Waals surface area contributed by atoms with Crippen LogP contribution in [0, 0.1) is 0 Å². The van der Waals surface area contributed by atoms with E-state index in [1.54, 1.807) is 31.3 Å². The van der Waals surface area contributed by atoms with Crippen LogP contribution in [0.5, 0.6) is 5.75 Å². The number of benzene rings is 1. The molecule has 0 bridgehead atoms. The number of rotatable bonds is 3. The molecule has 0 atom stereocenters. The van der Waals surface area contributed by atoms with Gasteiger partial charge in [-0.25, -0.2) is 0 Å². The maximum atomic E-state index is 11.6. The number of carbonyl (C=O) groups is 1. The molecule has 2 aromatic heterocycles. The van der Waals surface area contributed by atoms with Crippen LogP contribution in [0.1, 0.15) is 10.6 Å². The van der Waals surface area contributed by atoms with E-state index in [1.807, 2.05) is 0 Å². The average molecular weight is 298 g/mol. The van der Waals surface area contributed by atoms with Gasteiger partial charge in [-0.15, -0.1) is 10.2 Å². The summed E-state index contributed by atoms with van der Waals surface area (Å²) in [6.45, 7) is 0. The van der Waals surface area contributed by atoms with Crippen LogP contribution < -0.4 is 10.6 Å². The summed E-state index contributed by atoms with van der Waals surface area (Å²) in [5, 5.41) is 24.3. The smallest absolute Gasteiger partial charge is 0.286 e. The fourth-order valence-corrected chi connectivity index (χ4v) is 2.13. The van der Waals surface area contributed by atoms with Gasteiger partial charge in [0, 0.05) is 31.1 Å². The number of phenolic OH excluding ortho intramolecular Hbond substituents is 1. The molecule has 3 aromatic rings. The first-order chi connectivity index (χ1) is 10.6. The number of aromatic hydroxyl groups is 1. The first kappa shape index (κ1) is 13.9. The van der Waals surface area contributed by atoms with Gasteiger partial charge in [0.05, 0.1) is 5.69 Å². The molecule has 0 aliphatic heterocycles. The van der Waals surface area contributed by atoms with Gasteiger partial charge >= 0.3 is 0 Å². The Hall–Kier alpha value is -3.09. The van der Waals surface area contributed by atoms with Crippen LogP contribution in [-0.2, 0) is 0 Å². The van der Waals surface area contributed by atoms with E-state index in [0.717, 1.165) is 0 Å². The molecule has 0 unspecified atom stereocenters. The molecule has 3 N–H and O–H groups in total. The van der Waals surface area contributed by atoms with Crippen molar-refractivity contribution in [3.05, 3.63) is 36.1 Å². The lowest BCUT2D eigenvalue weighted by atomic mass is 10.1. The summed E-state index contributed by atoms with van der Waals surface area (Å²) < 4.78 is 5.41. The van der Waals surface area contributed by atoms with E-state index < -0.39 is 0 Å². The number of amides is 1. The van der Waals surface area contributed by atoms with Gasteiger partial charge in [-0.1, -0.05) is 0 Å². The Labute approximate surface area is 126 Å². The second kappa shape index (κ2) is 5.36. The third-order valence-corrected chi connectivity index (χ3v) is 3.28. The molecule has 0 aliphatic rings. The van der Waals surface area contributed by atoms with Gasteiger partial charge in [0.1, 0.15) is 17.2 Å². The van der Waals surface area contributed by atoms with E-state index in [-0.39, 0.29) is 17.4 Å². The van der Waals surface area contributed by atoms with Crippen molar-refractivity contribution in [3.63, 3.8) is 0 Å². The fourth-order valence-electron chi connectivity index (χ4n) is 2.13. The lowest BCUT2D eigenvalue weighted by Gasteiger charge is -2.04. The topological polar surface area (TPSA) is 100 Å². The van der Waals surface area contributed by atoms with Crippen molar-refractivity contribution in [2.45, 2.75) is 0 Å². The van der Waals surface area contributed by atoms with E-state index in [9.17, 15) is 9.90 Å². The number of fused-ring (bicyclic) bond motifs is 1. The van der Waals surface area contributed by atoms with Crippen molar-refractivity contribution in [3.8, 4) is 17.0 Å². The maximum absolute atomic E-state index is 11.6. The van der Waals surface area contributed by atoms with Crippen LogP contribution in [0.3, 0.4) is 0 Å². The van der Waals surface area contributed by atoms with Crippen molar-refractivity contribution < 1.29 is 14.3 Å². The van der Waals surface area contributed by atoms with Gasteiger partial charge < -0.3 is 20.2 Å². The van der Waals surface area contributed by atoms with E-state index in [4.69, 9.17) is 4.42 Å². The predicted octanol–water partition coefficient (Wildman–Crippen LogP) is 2.00. The summed E-state index contributed by atoms with van der Waals surface area (Å²) in [5.74, 6) is 0.507. The molecule has 1 amide bonds. The predicted molar refractivity (Wildman–Crippen MR) is 81.8 cm³/mol. The minimum absolute atomic E-state index is 0.0109. The molecule has 0 aliphatic carbocycles. The zero-order chi connectivity index (χ0) is 15.7. The number of hydrogen-bond donors (Lipinski definition) is 3. The third-order valence-electron chi connectivity index (χ3n) is 3.28. The van der Waals surface area contributed by atoms with Gasteiger partial charge in [-0.2, -0.15) is 0 Å². The molecule has 1 aromatic carbocycles. The molecular weight excluding hydrogens is 284 g/mol. The monoisotopic (exact) mass is 298 g/mol. The van der Waals surface area contributed by atoms with Crippen LogP contribution >= 0.6 is 0 Å². The molecule has 0 saturated heterocycles. The highest BCUT2D eigenvalue weighted by atomic mass is 16.3. The van der Waals surface area contributed by atoms with Crippen LogP contribution in [0.25, 0.3) is 22.2 Å². The van der Waals surface area contributed by atoms with E-state index in [2.05, 4.69) is 20.8 Å². The molecule has 0 saturated carbocycles. The molecule has 3 rings (SSSR count). The average Bonchev–Trinajstić information content (AvgIpc) is 2.96. The van der Waals surface area contributed by atoms with Crippen molar-refractivity contribution in [1.82, 2.24) is 15.5 Å². The van der Waals surface area contributed by atoms with Crippen LogP contribution in [0.15, 0.2) is 34.7 Å². The maximum Gasteiger partial charge on any atom is 0.286 e. The Morgan fingerprint density at radius 1 is 1.18 bits per heavy atom. The summed E-state index contributed by atoms with van der Waals surface area (Å²) in [7, 11) is 3.27. The van der Waals surface area contributed by atoms with Gasteiger partial charge in [-0.3, -0.25) is 4.79 Å². The molecule has 22 heavy (non-hydrogen) atoms. The normalized spacial score (nSPS) is 10.6. The van der Waals surface area contributed by atoms with E-state index >= 15 is 0 Å². The molecule has 7 heteroatoms. The Morgan fingerprint density at radius 3 is 2.64 bits per heavy atom. The van der Waals surface area contributed by atoms with Gasteiger partial charge in [-0.05, 0) is 24.3 Å². The second-order valence-electron chi connectivity index (χ2n) is 4.65. The molecule has 7 nitrogen and oxygen atoms in total. The lowest BCUT2D eigenvalue weighted by Crippen LogP contribution is -2.16. The molecule has 2 heterocycles. The SMILES string of the molecule is CNC(=O)c1cc2cc(-c3ccc(NC)nn3)c(O)cc2o1. The highest BCUT2D eigenvalue weighted by molar-refractivity contribution is 5.97. The zero-order valence-electron chi connectivity index (χ0n) is 12.0. The molecule has 0 spiro atoms. The first-order valence-electron chi connectivity index (χ1n) is 6.63. The minimum atomic E-state index is -0.324. The Balaban J connectivity index is 2.09. The molecule has 112 valence electrons. The van der Waals surface area contributed by atoms with Crippen molar-refractivity contribution in [2.24, 2.45) is 0 Å². The quantitative estimate of drug-likeness (QED) is 0.684. The molecular formula is C15H14N4O3. The standard InChI is InChI=1S/C15H14N4O3/c1-16-14-4-3-10(18-19-14)9-5-8-6-13(15(21)17-2)22-12(8)7-11(9)20/h3-7,20H,1-2H3,(H,16,19)(H,17,21). The number of phenols is 1. The van der Waals surface area contributed by atoms with Crippen LogP contribution in [0.4, 0.5) is 5.82 Å². The Kier molecular flexibility index (Phi) is 3.38. The highest BCUT2D eigenvalue weighted by Gasteiger charge is 2.15. The van der Waals surface area contributed by atoms with Gasteiger partial charge in [0.15, 0.2) is 5.76 Å². The van der Waals surface area contributed by atoms with E-state index in [0.29, 0.717) is 28.0 Å². The summed E-state index contributed by atoms with van der Waals surface area (Å²) in [6.07, 6.45) is 0. The Morgan fingerprint density at radius 2 is 2.00 bits per heavy atom. The fraction of sp³-hybridized carbons (Fsp3) is 0.133. The zero-order valence-corrected chi connectivity index (χ0v) is 12.0. The summed E-state index contributed by atoms with van der Waals surface area (Å²) in [5.41, 5.74) is 1.48.